The Balaban J connectivity index is 1.89. The van der Waals surface area contributed by atoms with Gasteiger partial charge in [-0.25, -0.2) is 4.98 Å². The molecule has 0 amide bonds. The van der Waals surface area contributed by atoms with Gasteiger partial charge in [0, 0.05) is 12.2 Å². The van der Waals surface area contributed by atoms with Crippen LogP contribution in [0.15, 0.2) is 9.59 Å². The highest BCUT2D eigenvalue weighted by atomic mass is 32.1. The van der Waals surface area contributed by atoms with Crippen LogP contribution in [0.1, 0.15) is 25.4 Å². The molecule has 2 fully saturated rings. The van der Waals surface area contributed by atoms with Crippen LogP contribution in [-0.4, -0.2) is 38.1 Å². The standard InChI is InChI=1S/C13H13N3O5S2/c1-3-5-6-7(21-13(22)20-6)11(19-5)16-9-8(23-12(16)18)10(17)15-4(2)14-9/h5-7,11H,3H2,1-2H3,(H,14,15,17)/t5-,6-,7?,11-/m1/s1. The number of rotatable bonds is 2. The van der Waals surface area contributed by atoms with Gasteiger partial charge in [-0.05, 0) is 13.3 Å². The van der Waals surface area contributed by atoms with Gasteiger partial charge < -0.3 is 19.2 Å². The van der Waals surface area contributed by atoms with Gasteiger partial charge in [0.1, 0.15) is 16.6 Å². The maximum Gasteiger partial charge on any atom is 0.353 e. The Hall–Kier alpha value is -1.78. The average molecular weight is 355 g/mol. The van der Waals surface area contributed by atoms with E-state index in [2.05, 4.69) is 9.97 Å². The number of ether oxygens (including phenoxy) is 3. The maximum atomic E-state index is 12.4. The van der Waals surface area contributed by atoms with Crippen LogP contribution >= 0.6 is 23.6 Å². The summed E-state index contributed by atoms with van der Waals surface area (Å²) in [7, 11) is 0. The number of nitrogens with one attached hydrogen (secondary N) is 1. The number of aromatic amines is 1. The van der Waals surface area contributed by atoms with Crippen molar-refractivity contribution in [3.63, 3.8) is 0 Å². The van der Waals surface area contributed by atoms with Crippen LogP contribution in [0.25, 0.3) is 10.3 Å². The van der Waals surface area contributed by atoms with Crippen molar-refractivity contribution in [3.05, 3.63) is 25.8 Å². The highest BCUT2D eigenvalue weighted by molar-refractivity contribution is 7.79. The van der Waals surface area contributed by atoms with Gasteiger partial charge in [0.05, 0.1) is 0 Å². The molecular formula is C13H13N3O5S2. The minimum absolute atomic E-state index is 0.0568. The monoisotopic (exact) mass is 355 g/mol. The Kier molecular flexibility index (Phi) is 3.29. The first-order valence-electron chi connectivity index (χ1n) is 7.14. The minimum atomic E-state index is -0.722. The van der Waals surface area contributed by atoms with Crippen molar-refractivity contribution in [2.24, 2.45) is 0 Å². The van der Waals surface area contributed by atoms with Crippen LogP contribution < -0.4 is 10.4 Å². The zero-order chi connectivity index (χ0) is 16.3. The van der Waals surface area contributed by atoms with E-state index in [1.807, 2.05) is 6.92 Å². The van der Waals surface area contributed by atoms with E-state index >= 15 is 0 Å². The van der Waals surface area contributed by atoms with Crippen LogP contribution in [-0.2, 0) is 14.2 Å². The number of nitrogens with zero attached hydrogens (tertiary/aromatic N) is 2. The molecule has 0 radical (unpaired) electrons. The molecule has 2 aromatic heterocycles. The molecule has 0 aliphatic carbocycles. The number of H-pyrrole nitrogens is 1. The van der Waals surface area contributed by atoms with Crippen LogP contribution in [0.3, 0.4) is 0 Å². The van der Waals surface area contributed by atoms with Gasteiger partial charge in [-0.1, -0.05) is 18.3 Å². The molecule has 1 unspecified atom stereocenters. The summed E-state index contributed by atoms with van der Waals surface area (Å²) in [6.45, 7) is 3.61. The van der Waals surface area contributed by atoms with E-state index in [4.69, 9.17) is 26.4 Å². The Morgan fingerprint density at radius 1 is 1.35 bits per heavy atom. The lowest BCUT2D eigenvalue weighted by atomic mass is 10.1. The van der Waals surface area contributed by atoms with Crippen molar-refractivity contribution >= 4 is 39.1 Å². The first-order valence-corrected chi connectivity index (χ1v) is 8.36. The number of hydrogen-bond donors (Lipinski definition) is 1. The third-order valence-electron chi connectivity index (χ3n) is 4.00. The summed E-state index contributed by atoms with van der Waals surface area (Å²) < 4.78 is 18.6. The predicted octanol–water partition coefficient (Wildman–Crippen LogP) is 0.831. The number of aryl methyl sites for hydroxylation is 1. The highest BCUT2D eigenvalue weighted by Gasteiger charge is 2.53. The number of thiocarbonyl (C=S) groups is 1. The average Bonchev–Trinajstić information content (AvgIpc) is 3.10. The summed E-state index contributed by atoms with van der Waals surface area (Å²) in [4.78, 5) is 31.0. The second-order valence-electron chi connectivity index (χ2n) is 5.43. The van der Waals surface area contributed by atoms with Crippen LogP contribution in [0.2, 0.25) is 0 Å². The molecule has 2 aromatic rings. The fraction of sp³-hybridized carbons (Fsp3) is 0.538. The quantitative estimate of drug-likeness (QED) is 0.797. The fourth-order valence-electron chi connectivity index (χ4n) is 3.03. The largest absolute Gasteiger partial charge is 0.447 e. The molecule has 4 heterocycles. The van der Waals surface area contributed by atoms with Crippen molar-refractivity contribution in [2.75, 3.05) is 0 Å². The van der Waals surface area contributed by atoms with Crippen LogP contribution in [0.4, 0.5) is 0 Å². The van der Waals surface area contributed by atoms with Gasteiger partial charge in [0.2, 0.25) is 0 Å². The molecule has 2 aliphatic heterocycles. The van der Waals surface area contributed by atoms with Crippen molar-refractivity contribution in [3.8, 4) is 0 Å². The molecule has 2 saturated heterocycles. The number of aromatic nitrogens is 3. The SMILES string of the molecule is CC[C@H]1O[C@@H](n2c(=O)sc3c(=O)[nH]c(C)nc32)C2OC(=S)O[C@@H]21. The van der Waals surface area contributed by atoms with Crippen LogP contribution in [0.5, 0.6) is 0 Å². The normalized spacial score (nSPS) is 29.6. The lowest BCUT2D eigenvalue weighted by Gasteiger charge is -2.17. The Bertz CT molecular complexity index is 916. The van der Waals surface area contributed by atoms with Gasteiger partial charge >= 0.3 is 10.1 Å². The predicted molar refractivity (Wildman–Crippen MR) is 85.8 cm³/mol. The van der Waals surface area contributed by atoms with Gasteiger partial charge in [0.15, 0.2) is 24.1 Å². The zero-order valence-electron chi connectivity index (χ0n) is 12.3. The van der Waals surface area contributed by atoms with E-state index in [9.17, 15) is 9.59 Å². The van der Waals surface area contributed by atoms with Gasteiger partial charge in [-0.15, -0.1) is 0 Å². The zero-order valence-corrected chi connectivity index (χ0v) is 13.9. The third kappa shape index (κ3) is 2.12. The molecule has 1 N–H and O–H groups in total. The molecule has 0 spiro atoms. The Morgan fingerprint density at radius 2 is 2.09 bits per heavy atom. The summed E-state index contributed by atoms with van der Waals surface area (Å²) in [5.41, 5.74) is -0.0442. The molecule has 0 bridgehead atoms. The van der Waals surface area contributed by atoms with Gasteiger partial charge in [0.25, 0.3) is 5.56 Å². The van der Waals surface area contributed by atoms with Crippen LogP contribution in [0, 0.1) is 6.92 Å². The van der Waals surface area contributed by atoms with E-state index in [1.165, 1.54) is 4.57 Å². The second kappa shape index (κ2) is 5.11. The lowest BCUT2D eigenvalue weighted by Crippen LogP contribution is -2.31. The fourth-order valence-corrected chi connectivity index (χ4v) is 4.09. The maximum absolute atomic E-state index is 12.4. The first-order chi connectivity index (χ1) is 11.0. The van der Waals surface area contributed by atoms with E-state index in [0.29, 0.717) is 17.9 Å². The second-order valence-corrected chi connectivity index (χ2v) is 6.73. The lowest BCUT2D eigenvalue weighted by molar-refractivity contribution is -0.0437. The number of thiazole rings is 1. The highest BCUT2D eigenvalue weighted by Crippen LogP contribution is 2.39. The van der Waals surface area contributed by atoms with E-state index in [0.717, 1.165) is 11.3 Å². The third-order valence-corrected chi connectivity index (χ3v) is 5.13. The molecule has 10 heteroatoms. The summed E-state index contributed by atoms with van der Waals surface area (Å²) in [6, 6.07) is 0. The van der Waals surface area contributed by atoms with Gasteiger partial charge in [-0.2, -0.15) is 0 Å². The molecule has 2 aliphatic rings. The number of hydrogen-bond acceptors (Lipinski definition) is 8. The molecular weight excluding hydrogens is 342 g/mol. The minimum Gasteiger partial charge on any atom is -0.447 e. The topological polar surface area (TPSA) is 95.4 Å². The summed E-state index contributed by atoms with van der Waals surface area (Å²) in [5, 5.41) is 0.0568. The molecule has 122 valence electrons. The summed E-state index contributed by atoms with van der Waals surface area (Å²) in [5.74, 6) is 0.426. The Morgan fingerprint density at radius 3 is 2.83 bits per heavy atom. The molecule has 8 nitrogen and oxygen atoms in total. The van der Waals surface area contributed by atoms with E-state index in [-0.39, 0.29) is 32.6 Å². The van der Waals surface area contributed by atoms with Crippen molar-refractivity contribution in [1.29, 1.82) is 0 Å². The molecule has 0 saturated carbocycles. The summed E-state index contributed by atoms with van der Waals surface area (Å²) in [6.07, 6.45) is -1.16. The van der Waals surface area contributed by atoms with E-state index in [1.54, 1.807) is 6.92 Å². The molecule has 4 atom stereocenters. The summed E-state index contributed by atoms with van der Waals surface area (Å²) >= 11 is 5.81. The van der Waals surface area contributed by atoms with Gasteiger partial charge in [-0.3, -0.25) is 14.2 Å². The number of fused-ring (bicyclic) bond motifs is 2. The smallest absolute Gasteiger partial charge is 0.353 e. The Labute approximate surface area is 139 Å². The van der Waals surface area contributed by atoms with Crippen molar-refractivity contribution in [1.82, 2.24) is 14.5 Å². The molecule has 23 heavy (non-hydrogen) atoms. The van der Waals surface area contributed by atoms with E-state index < -0.39 is 12.3 Å². The molecule has 0 aromatic carbocycles. The van der Waals surface area contributed by atoms with Crippen molar-refractivity contribution < 1.29 is 14.2 Å². The first kappa shape index (κ1) is 14.8. The molecule has 4 rings (SSSR count). The van der Waals surface area contributed by atoms with Crippen molar-refractivity contribution in [2.45, 2.75) is 44.8 Å².